The number of carbonyl (C=O) groups is 4. The van der Waals surface area contributed by atoms with Gasteiger partial charge >= 0.3 is 5.97 Å². The first-order valence-electron chi connectivity index (χ1n) is 8.80. The van der Waals surface area contributed by atoms with E-state index in [1.54, 1.807) is 36.4 Å². The zero-order valence-electron chi connectivity index (χ0n) is 15.8. The Kier molecular flexibility index (Phi) is 7.23. The van der Waals surface area contributed by atoms with Crippen molar-refractivity contribution in [2.75, 3.05) is 0 Å². The van der Waals surface area contributed by atoms with Gasteiger partial charge in [-0.3, -0.25) is 19.8 Å². The highest BCUT2D eigenvalue weighted by atomic mass is 16.4. The van der Waals surface area contributed by atoms with Crippen LogP contribution in [-0.2, 0) is 14.4 Å². The number of primary amides is 1. The van der Waals surface area contributed by atoms with Gasteiger partial charge in [0.05, 0.1) is 6.42 Å². The standard InChI is InChI=1S/C20H21N5O5/c21-15(26)10-14(20(29)30)24-19(28)16(11-5-2-1-3-6-11)25-18(27)13-8-4-7-12(9-13)17(22)23/h1-9,14,16H,10H2,(H2,21,26)(H3,22,23)(H,24,28)(H,25,27)(H,29,30)/t14-,16-/m1/s1. The number of hydrogen-bond donors (Lipinski definition) is 6. The molecule has 8 N–H and O–H groups in total. The van der Waals surface area contributed by atoms with Crippen molar-refractivity contribution in [3.05, 3.63) is 71.3 Å². The highest BCUT2D eigenvalue weighted by Crippen LogP contribution is 2.15. The molecule has 2 atom stereocenters. The number of hydrogen-bond acceptors (Lipinski definition) is 5. The van der Waals surface area contributed by atoms with Gasteiger partial charge in [-0.05, 0) is 17.7 Å². The van der Waals surface area contributed by atoms with Crippen molar-refractivity contribution in [1.29, 1.82) is 5.41 Å². The van der Waals surface area contributed by atoms with E-state index in [1.807, 2.05) is 0 Å². The first kappa shape index (κ1) is 22.1. The van der Waals surface area contributed by atoms with Gasteiger partial charge in [0.1, 0.15) is 17.9 Å². The Bertz CT molecular complexity index is 977. The molecular formula is C20H21N5O5. The van der Waals surface area contributed by atoms with Crippen LogP contribution >= 0.6 is 0 Å². The summed E-state index contributed by atoms with van der Waals surface area (Å²) in [5.74, 6) is -4.02. The number of carboxylic acid groups (broad SMARTS) is 1. The van der Waals surface area contributed by atoms with Gasteiger partial charge in [-0.1, -0.05) is 42.5 Å². The Labute approximate surface area is 171 Å². The summed E-state index contributed by atoms with van der Waals surface area (Å²) in [5, 5.41) is 21.5. The first-order chi connectivity index (χ1) is 14.2. The smallest absolute Gasteiger partial charge is 0.326 e. The summed E-state index contributed by atoms with van der Waals surface area (Å²) in [6, 6.07) is 11.4. The van der Waals surface area contributed by atoms with E-state index >= 15 is 0 Å². The molecule has 0 radical (unpaired) electrons. The van der Waals surface area contributed by atoms with E-state index in [9.17, 15) is 24.3 Å². The number of amides is 3. The molecule has 0 saturated carbocycles. The fraction of sp³-hybridized carbons (Fsp3) is 0.150. The van der Waals surface area contributed by atoms with E-state index in [2.05, 4.69) is 10.6 Å². The number of nitrogen functional groups attached to an aromatic ring is 1. The summed E-state index contributed by atoms with van der Waals surface area (Å²) in [5.41, 5.74) is 11.4. The SMILES string of the molecule is N=C(N)c1cccc(C(=O)N[C@@H](C(=O)N[C@H](CC(N)=O)C(=O)O)c2ccccc2)c1. The minimum atomic E-state index is -1.54. The largest absolute Gasteiger partial charge is 0.480 e. The molecule has 0 fully saturated rings. The summed E-state index contributed by atoms with van der Waals surface area (Å²) in [4.78, 5) is 47.9. The minimum Gasteiger partial charge on any atom is -0.480 e. The van der Waals surface area contributed by atoms with Crippen LogP contribution in [-0.4, -0.2) is 40.7 Å². The van der Waals surface area contributed by atoms with Gasteiger partial charge in [0.15, 0.2) is 0 Å². The van der Waals surface area contributed by atoms with E-state index in [4.69, 9.17) is 16.9 Å². The fourth-order valence-corrected chi connectivity index (χ4v) is 2.64. The summed E-state index contributed by atoms with van der Waals surface area (Å²) < 4.78 is 0. The second-order valence-electron chi connectivity index (χ2n) is 6.38. The molecule has 2 rings (SSSR count). The number of aliphatic carboxylic acids is 1. The molecule has 156 valence electrons. The maximum atomic E-state index is 12.8. The summed E-state index contributed by atoms with van der Waals surface area (Å²) in [6.07, 6.45) is -0.600. The second-order valence-corrected chi connectivity index (χ2v) is 6.38. The fourth-order valence-electron chi connectivity index (χ4n) is 2.64. The molecular weight excluding hydrogens is 390 g/mol. The highest BCUT2D eigenvalue weighted by Gasteiger charge is 2.29. The number of benzene rings is 2. The van der Waals surface area contributed by atoms with Crippen LogP contribution in [0.5, 0.6) is 0 Å². The monoisotopic (exact) mass is 411 g/mol. The minimum absolute atomic E-state index is 0.156. The molecule has 0 aliphatic rings. The Balaban J connectivity index is 2.29. The van der Waals surface area contributed by atoms with Crippen LogP contribution in [0.3, 0.4) is 0 Å². The number of carboxylic acids is 1. The zero-order chi connectivity index (χ0) is 22.3. The summed E-state index contributed by atoms with van der Waals surface area (Å²) in [7, 11) is 0. The molecule has 3 amide bonds. The molecule has 10 heteroatoms. The lowest BCUT2D eigenvalue weighted by atomic mass is 10.0. The van der Waals surface area contributed by atoms with Crippen LogP contribution in [0, 0.1) is 5.41 Å². The van der Waals surface area contributed by atoms with Gasteiger partial charge in [0.25, 0.3) is 5.91 Å². The van der Waals surface area contributed by atoms with Crippen LogP contribution in [0.15, 0.2) is 54.6 Å². The first-order valence-corrected chi connectivity index (χ1v) is 8.80. The molecule has 0 spiro atoms. The summed E-state index contributed by atoms with van der Waals surface area (Å²) in [6.45, 7) is 0. The maximum Gasteiger partial charge on any atom is 0.326 e. The predicted molar refractivity (Wildman–Crippen MR) is 107 cm³/mol. The molecule has 0 bridgehead atoms. The predicted octanol–water partition coefficient (Wildman–Crippen LogP) is -0.113. The number of amidine groups is 1. The van der Waals surface area contributed by atoms with E-state index in [0.29, 0.717) is 11.1 Å². The van der Waals surface area contributed by atoms with Gasteiger partial charge in [-0.2, -0.15) is 0 Å². The molecule has 2 aromatic carbocycles. The van der Waals surface area contributed by atoms with E-state index in [1.165, 1.54) is 18.2 Å². The van der Waals surface area contributed by atoms with Gasteiger partial charge in [-0.15, -0.1) is 0 Å². The number of carbonyl (C=O) groups excluding carboxylic acids is 3. The lowest BCUT2D eigenvalue weighted by molar-refractivity contribution is -0.143. The molecule has 0 aliphatic heterocycles. The van der Waals surface area contributed by atoms with E-state index in [0.717, 1.165) is 0 Å². The molecule has 0 aliphatic carbocycles. The highest BCUT2D eigenvalue weighted by molar-refractivity contribution is 6.02. The molecule has 2 aromatic rings. The van der Waals surface area contributed by atoms with Crippen LogP contribution < -0.4 is 22.1 Å². The van der Waals surface area contributed by atoms with Crippen molar-refractivity contribution in [3.8, 4) is 0 Å². The van der Waals surface area contributed by atoms with Crippen molar-refractivity contribution >= 4 is 29.5 Å². The van der Waals surface area contributed by atoms with Gasteiger partial charge in [0.2, 0.25) is 11.8 Å². The van der Waals surface area contributed by atoms with Crippen LogP contribution in [0.2, 0.25) is 0 Å². The Morgan fingerprint density at radius 1 is 0.933 bits per heavy atom. The second kappa shape index (κ2) is 9.82. The van der Waals surface area contributed by atoms with Gasteiger partial charge in [-0.25, -0.2) is 4.79 Å². The third-order valence-electron chi connectivity index (χ3n) is 4.13. The topological polar surface area (TPSA) is 188 Å². The average Bonchev–Trinajstić information content (AvgIpc) is 2.71. The molecule has 0 unspecified atom stereocenters. The zero-order valence-corrected chi connectivity index (χ0v) is 15.8. The van der Waals surface area contributed by atoms with Crippen LogP contribution in [0.25, 0.3) is 0 Å². The van der Waals surface area contributed by atoms with Crippen molar-refractivity contribution in [2.24, 2.45) is 11.5 Å². The van der Waals surface area contributed by atoms with E-state index < -0.39 is 42.2 Å². The Morgan fingerprint density at radius 2 is 1.57 bits per heavy atom. The maximum absolute atomic E-state index is 12.8. The Morgan fingerprint density at radius 3 is 2.13 bits per heavy atom. The van der Waals surface area contributed by atoms with Crippen LogP contribution in [0.4, 0.5) is 0 Å². The third-order valence-corrected chi connectivity index (χ3v) is 4.13. The lowest BCUT2D eigenvalue weighted by Gasteiger charge is -2.21. The lowest BCUT2D eigenvalue weighted by Crippen LogP contribution is -2.48. The molecule has 0 saturated heterocycles. The summed E-state index contributed by atoms with van der Waals surface area (Å²) >= 11 is 0. The van der Waals surface area contributed by atoms with Crippen molar-refractivity contribution in [2.45, 2.75) is 18.5 Å². The molecule has 10 nitrogen and oxygen atoms in total. The van der Waals surface area contributed by atoms with Gasteiger partial charge < -0.3 is 27.2 Å². The molecule has 30 heavy (non-hydrogen) atoms. The van der Waals surface area contributed by atoms with Crippen LogP contribution in [0.1, 0.15) is 33.9 Å². The normalized spacial score (nSPS) is 12.3. The Hall–Kier alpha value is -4.21. The van der Waals surface area contributed by atoms with Crippen molar-refractivity contribution < 1.29 is 24.3 Å². The average molecular weight is 411 g/mol. The number of nitrogens with one attached hydrogen (secondary N) is 3. The number of rotatable bonds is 9. The number of nitrogens with two attached hydrogens (primary N) is 2. The van der Waals surface area contributed by atoms with Crippen molar-refractivity contribution in [1.82, 2.24) is 10.6 Å². The van der Waals surface area contributed by atoms with Gasteiger partial charge in [0, 0.05) is 11.1 Å². The third kappa shape index (κ3) is 5.89. The van der Waals surface area contributed by atoms with Crippen molar-refractivity contribution in [3.63, 3.8) is 0 Å². The van der Waals surface area contributed by atoms with E-state index in [-0.39, 0.29) is 11.4 Å². The quantitative estimate of drug-likeness (QED) is 0.246. The molecule has 0 heterocycles. The molecule has 0 aromatic heterocycles.